The van der Waals surface area contributed by atoms with E-state index >= 15 is 0 Å². The van der Waals surface area contributed by atoms with Crippen molar-refractivity contribution < 1.29 is 14.3 Å². The molecule has 5 heteroatoms. The van der Waals surface area contributed by atoms with E-state index in [2.05, 4.69) is 0 Å². The number of hydrogen-bond donors (Lipinski definition) is 1. The molecule has 0 aromatic heterocycles. The van der Waals surface area contributed by atoms with E-state index in [-0.39, 0.29) is 12.5 Å². The van der Waals surface area contributed by atoms with Gasteiger partial charge in [-0.05, 0) is 31.5 Å². The van der Waals surface area contributed by atoms with Gasteiger partial charge in [-0.15, -0.1) is 0 Å². The zero-order chi connectivity index (χ0) is 14.8. The minimum absolute atomic E-state index is 0.0520. The molecule has 0 unspecified atom stereocenters. The van der Waals surface area contributed by atoms with Gasteiger partial charge in [0.25, 0.3) is 5.91 Å². The summed E-state index contributed by atoms with van der Waals surface area (Å²) in [5.41, 5.74) is 7.53. The highest BCUT2D eigenvalue weighted by Crippen LogP contribution is 2.19. The fourth-order valence-corrected chi connectivity index (χ4v) is 1.87. The molecule has 5 nitrogen and oxygen atoms in total. The molecular formula is C15H24N2O3. The standard InChI is InChI=1S/C15H24N2O3/c1-13-6-3-4-7-14(13)17(9-5-8-16)15(18)12-20-11-10-19-2/h3-4,6-7H,5,8-12,16H2,1-2H3. The number of aryl methyl sites for hydroxylation is 1. The Balaban J connectivity index is 2.68. The SMILES string of the molecule is COCCOCC(=O)N(CCCN)c1ccccc1C. The van der Waals surface area contributed by atoms with Crippen LogP contribution in [0.1, 0.15) is 12.0 Å². The molecule has 0 spiro atoms. The fourth-order valence-electron chi connectivity index (χ4n) is 1.87. The molecule has 0 aliphatic heterocycles. The van der Waals surface area contributed by atoms with Crippen molar-refractivity contribution in [2.75, 3.05) is 44.9 Å². The Morgan fingerprint density at radius 3 is 2.70 bits per heavy atom. The molecule has 1 rings (SSSR count). The number of amides is 1. The molecule has 1 aromatic carbocycles. The summed E-state index contributed by atoms with van der Waals surface area (Å²) in [7, 11) is 1.60. The zero-order valence-electron chi connectivity index (χ0n) is 12.3. The van der Waals surface area contributed by atoms with E-state index in [1.165, 1.54) is 0 Å². The summed E-state index contributed by atoms with van der Waals surface area (Å²) in [6.07, 6.45) is 0.762. The number of para-hydroxylation sites is 1. The topological polar surface area (TPSA) is 64.8 Å². The van der Waals surface area contributed by atoms with Crippen LogP contribution in [-0.2, 0) is 14.3 Å². The van der Waals surface area contributed by atoms with Crippen LogP contribution in [0.25, 0.3) is 0 Å². The monoisotopic (exact) mass is 280 g/mol. The van der Waals surface area contributed by atoms with Crippen molar-refractivity contribution in [3.63, 3.8) is 0 Å². The lowest BCUT2D eigenvalue weighted by Gasteiger charge is -2.24. The molecule has 2 N–H and O–H groups in total. The highest BCUT2D eigenvalue weighted by molar-refractivity contribution is 5.94. The lowest BCUT2D eigenvalue weighted by Crippen LogP contribution is -2.36. The summed E-state index contributed by atoms with van der Waals surface area (Å²) in [5.74, 6) is -0.0520. The van der Waals surface area contributed by atoms with Crippen molar-refractivity contribution >= 4 is 11.6 Å². The Hall–Kier alpha value is -1.43. The lowest BCUT2D eigenvalue weighted by molar-refractivity contribution is -0.123. The molecule has 0 saturated carbocycles. The summed E-state index contributed by atoms with van der Waals surface area (Å²) >= 11 is 0. The first kappa shape index (κ1) is 16.6. The molecule has 20 heavy (non-hydrogen) atoms. The first-order valence-electron chi connectivity index (χ1n) is 6.83. The second-order valence-electron chi connectivity index (χ2n) is 4.52. The summed E-state index contributed by atoms with van der Waals surface area (Å²) in [6, 6.07) is 7.82. The van der Waals surface area contributed by atoms with Gasteiger partial charge in [-0.2, -0.15) is 0 Å². The Kier molecular flexibility index (Phi) is 7.87. The Morgan fingerprint density at radius 2 is 2.05 bits per heavy atom. The molecular weight excluding hydrogens is 256 g/mol. The van der Waals surface area contributed by atoms with E-state index < -0.39 is 0 Å². The van der Waals surface area contributed by atoms with Crippen LogP contribution in [0.15, 0.2) is 24.3 Å². The highest BCUT2D eigenvalue weighted by Gasteiger charge is 2.16. The van der Waals surface area contributed by atoms with Crippen LogP contribution in [0.5, 0.6) is 0 Å². The average molecular weight is 280 g/mol. The smallest absolute Gasteiger partial charge is 0.252 e. The van der Waals surface area contributed by atoms with E-state index in [1.54, 1.807) is 12.0 Å². The van der Waals surface area contributed by atoms with Crippen LogP contribution in [0.4, 0.5) is 5.69 Å². The molecule has 112 valence electrons. The van der Waals surface area contributed by atoms with Crippen LogP contribution in [0.3, 0.4) is 0 Å². The lowest BCUT2D eigenvalue weighted by atomic mass is 10.1. The van der Waals surface area contributed by atoms with E-state index in [0.29, 0.717) is 26.3 Å². The summed E-state index contributed by atoms with van der Waals surface area (Å²) < 4.78 is 10.2. The third kappa shape index (κ3) is 5.28. The van der Waals surface area contributed by atoms with Crippen molar-refractivity contribution in [2.45, 2.75) is 13.3 Å². The van der Waals surface area contributed by atoms with Gasteiger partial charge in [0.15, 0.2) is 0 Å². The molecule has 0 fully saturated rings. The number of carbonyl (C=O) groups excluding carboxylic acids is 1. The van der Waals surface area contributed by atoms with Crippen molar-refractivity contribution in [3.05, 3.63) is 29.8 Å². The van der Waals surface area contributed by atoms with Gasteiger partial charge in [-0.1, -0.05) is 18.2 Å². The molecule has 0 atom stereocenters. The minimum atomic E-state index is -0.0520. The maximum atomic E-state index is 12.3. The maximum Gasteiger partial charge on any atom is 0.252 e. The number of methoxy groups -OCH3 is 1. The van der Waals surface area contributed by atoms with Gasteiger partial charge in [0.05, 0.1) is 13.2 Å². The van der Waals surface area contributed by atoms with Gasteiger partial charge in [-0.3, -0.25) is 4.79 Å². The minimum Gasteiger partial charge on any atom is -0.382 e. The summed E-state index contributed by atoms with van der Waals surface area (Å²) in [6.45, 7) is 4.11. The van der Waals surface area contributed by atoms with Crippen molar-refractivity contribution in [1.82, 2.24) is 0 Å². The van der Waals surface area contributed by atoms with Crippen LogP contribution >= 0.6 is 0 Å². The second kappa shape index (κ2) is 9.47. The Labute approximate surface area is 120 Å². The molecule has 0 aliphatic rings. The number of nitrogens with two attached hydrogens (primary N) is 1. The zero-order valence-corrected chi connectivity index (χ0v) is 12.3. The average Bonchev–Trinajstić information content (AvgIpc) is 2.46. The van der Waals surface area contributed by atoms with Gasteiger partial charge in [0, 0.05) is 19.3 Å². The van der Waals surface area contributed by atoms with Gasteiger partial charge < -0.3 is 20.1 Å². The van der Waals surface area contributed by atoms with Gasteiger partial charge >= 0.3 is 0 Å². The van der Waals surface area contributed by atoms with Crippen molar-refractivity contribution in [1.29, 1.82) is 0 Å². The van der Waals surface area contributed by atoms with E-state index in [4.69, 9.17) is 15.2 Å². The predicted molar refractivity (Wildman–Crippen MR) is 79.9 cm³/mol. The number of nitrogens with zero attached hydrogens (tertiary/aromatic N) is 1. The van der Waals surface area contributed by atoms with Crippen LogP contribution in [-0.4, -0.2) is 45.9 Å². The Bertz CT molecular complexity index is 410. The second-order valence-corrected chi connectivity index (χ2v) is 4.52. The first-order chi connectivity index (χ1) is 9.70. The molecule has 1 amide bonds. The number of ether oxygens (including phenoxy) is 2. The number of benzene rings is 1. The number of anilines is 1. The molecule has 0 saturated heterocycles. The van der Waals surface area contributed by atoms with Crippen LogP contribution < -0.4 is 10.6 Å². The molecule has 0 bridgehead atoms. The molecule has 0 heterocycles. The maximum absolute atomic E-state index is 12.3. The molecule has 0 aliphatic carbocycles. The van der Waals surface area contributed by atoms with E-state index in [1.807, 2.05) is 31.2 Å². The van der Waals surface area contributed by atoms with Crippen LogP contribution in [0, 0.1) is 6.92 Å². The van der Waals surface area contributed by atoms with Gasteiger partial charge in [0.1, 0.15) is 6.61 Å². The predicted octanol–water partition coefficient (Wildman–Crippen LogP) is 1.34. The van der Waals surface area contributed by atoms with Crippen molar-refractivity contribution in [2.24, 2.45) is 5.73 Å². The number of hydrogen-bond acceptors (Lipinski definition) is 4. The van der Waals surface area contributed by atoms with E-state index in [0.717, 1.165) is 17.7 Å². The number of carbonyl (C=O) groups is 1. The summed E-state index contributed by atoms with van der Waals surface area (Å²) in [4.78, 5) is 14.0. The third-order valence-electron chi connectivity index (χ3n) is 2.95. The Morgan fingerprint density at radius 1 is 1.30 bits per heavy atom. The fraction of sp³-hybridized carbons (Fsp3) is 0.533. The summed E-state index contributed by atoms with van der Waals surface area (Å²) in [5, 5.41) is 0. The number of rotatable bonds is 9. The quantitative estimate of drug-likeness (QED) is 0.693. The van der Waals surface area contributed by atoms with Gasteiger partial charge in [-0.25, -0.2) is 0 Å². The largest absolute Gasteiger partial charge is 0.382 e. The first-order valence-corrected chi connectivity index (χ1v) is 6.83. The highest BCUT2D eigenvalue weighted by atomic mass is 16.5. The van der Waals surface area contributed by atoms with E-state index in [9.17, 15) is 4.79 Å². The molecule has 1 aromatic rings. The van der Waals surface area contributed by atoms with Gasteiger partial charge in [0.2, 0.25) is 0 Å². The van der Waals surface area contributed by atoms with Crippen LogP contribution in [0.2, 0.25) is 0 Å². The normalized spacial score (nSPS) is 10.6. The molecule has 0 radical (unpaired) electrons. The third-order valence-corrected chi connectivity index (χ3v) is 2.95. The van der Waals surface area contributed by atoms with Crippen molar-refractivity contribution in [3.8, 4) is 0 Å².